The molecule has 0 fully saturated rings. The van der Waals surface area contributed by atoms with E-state index in [1.165, 1.54) is 0 Å². The second-order valence-corrected chi connectivity index (χ2v) is 6.19. The number of hydrazone groups is 1. The van der Waals surface area contributed by atoms with Crippen molar-refractivity contribution < 1.29 is 9.47 Å². The lowest BCUT2D eigenvalue weighted by molar-refractivity contribution is 0.184. The molecule has 0 saturated carbocycles. The number of nitriles is 1. The van der Waals surface area contributed by atoms with Gasteiger partial charge in [-0.1, -0.05) is 30.3 Å². The second kappa shape index (κ2) is 8.98. The summed E-state index contributed by atoms with van der Waals surface area (Å²) in [6.07, 6.45) is 1.70. The van der Waals surface area contributed by atoms with E-state index in [0.29, 0.717) is 24.6 Å². The largest absolute Gasteiger partial charge is 0.493 e. The molecule has 0 radical (unpaired) electrons. The van der Waals surface area contributed by atoms with Crippen molar-refractivity contribution in [3.63, 3.8) is 0 Å². The number of benzene rings is 2. The topological polar surface area (TPSA) is 79.5 Å². The smallest absolute Gasteiger partial charge is 0.164 e. The van der Waals surface area contributed by atoms with E-state index in [9.17, 15) is 5.26 Å². The van der Waals surface area contributed by atoms with Crippen LogP contribution in [-0.4, -0.2) is 24.9 Å². The van der Waals surface area contributed by atoms with E-state index in [4.69, 9.17) is 9.47 Å². The van der Waals surface area contributed by atoms with Gasteiger partial charge < -0.3 is 9.47 Å². The van der Waals surface area contributed by atoms with Crippen LogP contribution in [0.3, 0.4) is 0 Å². The summed E-state index contributed by atoms with van der Waals surface area (Å²) in [6, 6.07) is 16.0. The van der Waals surface area contributed by atoms with Gasteiger partial charge in [-0.2, -0.15) is 10.4 Å². The van der Waals surface area contributed by atoms with E-state index in [1.807, 2.05) is 56.3 Å². The number of hydrogen-bond donors (Lipinski definition) is 1. The summed E-state index contributed by atoms with van der Waals surface area (Å²) in [4.78, 5) is 4.40. The molecule has 3 rings (SSSR count). The quantitative estimate of drug-likeness (QED) is 0.490. The fraction of sp³-hybridized carbons (Fsp3) is 0.227. The molecular weight excluding hydrogens is 352 g/mol. The van der Waals surface area contributed by atoms with Crippen molar-refractivity contribution in [2.24, 2.45) is 5.10 Å². The molecule has 6 heteroatoms. The highest BCUT2D eigenvalue weighted by atomic mass is 16.5. The third-order valence-corrected chi connectivity index (χ3v) is 4.24. The molecule has 28 heavy (non-hydrogen) atoms. The normalized spacial score (nSPS) is 10.9. The van der Waals surface area contributed by atoms with Gasteiger partial charge in [0.2, 0.25) is 0 Å². The molecule has 0 spiro atoms. The second-order valence-electron chi connectivity index (χ2n) is 6.19. The van der Waals surface area contributed by atoms with E-state index < -0.39 is 0 Å². The maximum atomic E-state index is 9.53. The number of fused-ring (bicyclic) bond motifs is 1. The molecule has 1 aromatic heterocycles. The summed E-state index contributed by atoms with van der Waals surface area (Å²) in [5, 5.41) is 16.0. The molecule has 0 amide bonds. The first-order chi connectivity index (χ1) is 13.7. The summed E-state index contributed by atoms with van der Waals surface area (Å²) in [5.41, 5.74) is 5.76. The minimum atomic E-state index is 0.336. The highest BCUT2D eigenvalue weighted by molar-refractivity contribution is 6.02. The molecule has 0 unspecified atom stereocenters. The summed E-state index contributed by atoms with van der Waals surface area (Å²) in [5.74, 6) is 1.16. The van der Waals surface area contributed by atoms with Crippen molar-refractivity contribution in [2.45, 2.75) is 20.5 Å². The Bertz CT molecular complexity index is 1050. The van der Waals surface area contributed by atoms with E-state index in [0.717, 1.165) is 33.3 Å². The van der Waals surface area contributed by atoms with Crippen molar-refractivity contribution in [2.75, 3.05) is 19.1 Å². The third-order valence-electron chi connectivity index (χ3n) is 4.24. The molecule has 3 aromatic rings. The Balaban J connectivity index is 1.98. The maximum Gasteiger partial charge on any atom is 0.164 e. The summed E-state index contributed by atoms with van der Waals surface area (Å²) < 4.78 is 10.9. The molecular formula is C22H22N4O2. The summed E-state index contributed by atoms with van der Waals surface area (Å²) in [7, 11) is 1.60. The lowest BCUT2D eigenvalue weighted by Gasteiger charge is -2.11. The predicted octanol–water partition coefficient (Wildman–Crippen LogP) is 4.41. The number of aromatic nitrogens is 1. The van der Waals surface area contributed by atoms with E-state index >= 15 is 0 Å². The highest BCUT2D eigenvalue weighted by Gasteiger charge is 2.11. The van der Waals surface area contributed by atoms with Crippen LogP contribution < -0.4 is 10.2 Å². The molecule has 0 aliphatic carbocycles. The highest BCUT2D eigenvalue weighted by Crippen LogP contribution is 2.27. The zero-order chi connectivity index (χ0) is 19.9. The SMILES string of the molecule is CCOc1ccc2ccccc2c1C=NNc1nc(C)cc(COC)c1C#N. The lowest BCUT2D eigenvalue weighted by Crippen LogP contribution is -2.04. The molecule has 0 bridgehead atoms. The van der Waals surface area contributed by atoms with Gasteiger partial charge in [-0.05, 0) is 36.8 Å². The number of hydrogen-bond acceptors (Lipinski definition) is 6. The fourth-order valence-corrected chi connectivity index (χ4v) is 3.06. The minimum absolute atomic E-state index is 0.336. The van der Waals surface area contributed by atoms with Crippen LogP contribution in [0.1, 0.15) is 29.3 Å². The van der Waals surface area contributed by atoms with Crippen LogP contribution in [-0.2, 0) is 11.3 Å². The maximum absolute atomic E-state index is 9.53. The van der Waals surface area contributed by atoms with Gasteiger partial charge in [0.25, 0.3) is 0 Å². The summed E-state index contributed by atoms with van der Waals surface area (Å²) in [6.45, 7) is 4.71. The first-order valence-electron chi connectivity index (χ1n) is 9.01. The van der Waals surface area contributed by atoms with Gasteiger partial charge in [-0.3, -0.25) is 5.43 Å². The predicted molar refractivity (Wildman–Crippen MR) is 111 cm³/mol. The molecule has 0 aliphatic heterocycles. The van der Waals surface area contributed by atoms with Crippen molar-refractivity contribution in [3.8, 4) is 11.8 Å². The number of rotatable bonds is 7. The Hall–Kier alpha value is -3.43. The Morgan fingerprint density at radius 3 is 2.82 bits per heavy atom. The van der Waals surface area contributed by atoms with Crippen molar-refractivity contribution >= 4 is 22.8 Å². The first-order valence-corrected chi connectivity index (χ1v) is 9.01. The van der Waals surface area contributed by atoms with Gasteiger partial charge in [0.15, 0.2) is 5.82 Å². The standard InChI is InChI=1S/C22H22N4O2/c1-4-28-21-10-9-16-7-5-6-8-18(16)20(21)13-24-26-22-19(12-23)17(14-27-3)11-15(2)25-22/h5-11,13H,4,14H2,1-3H3,(H,25,26). The number of anilines is 1. The van der Waals surface area contributed by atoms with E-state index in [-0.39, 0.29) is 0 Å². The van der Waals surface area contributed by atoms with Gasteiger partial charge in [0, 0.05) is 23.9 Å². The molecule has 0 atom stereocenters. The van der Waals surface area contributed by atoms with Gasteiger partial charge in [0.1, 0.15) is 17.4 Å². The van der Waals surface area contributed by atoms with Crippen LogP contribution in [0.4, 0.5) is 5.82 Å². The Labute approximate surface area is 164 Å². The van der Waals surface area contributed by atoms with Gasteiger partial charge >= 0.3 is 0 Å². The van der Waals surface area contributed by atoms with E-state index in [2.05, 4.69) is 21.6 Å². The van der Waals surface area contributed by atoms with Crippen molar-refractivity contribution in [1.29, 1.82) is 5.26 Å². The molecule has 6 nitrogen and oxygen atoms in total. The van der Waals surface area contributed by atoms with Crippen molar-refractivity contribution in [1.82, 2.24) is 4.98 Å². The summed E-state index contributed by atoms with van der Waals surface area (Å²) >= 11 is 0. The van der Waals surface area contributed by atoms with Gasteiger partial charge in [-0.15, -0.1) is 0 Å². The lowest BCUT2D eigenvalue weighted by atomic mass is 10.0. The van der Waals surface area contributed by atoms with Gasteiger partial charge in [-0.25, -0.2) is 4.98 Å². The average Bonchev–Trinajstić information content (AvgIpc) is 2.69. The Morgan fingerprint density at radius 1 is 1.25 bits per heavy atom. The van der Waals surface area contributed by atoms with Crippen LogP contribution in [0, 0.1) is 18.3 Å². The van der Waals surface area contributed by atoms with Crippen molar-refractivity contribution in [3.05, 3.63) is 64.8 Å². The van der Waals surface area contributed by atoms with Gasteiger partial charge in [0.05, 0.1) is 19.4 Å². The molecule has 142 valence electrons. The van der Waals surface area contributed by atoms with Crippen LogP contribution in [0.15, 0.2) is 47.6 Å². The average molecular weight is 374 g/mol. The molecule has 1 heterocycles. The van der Waals surface area contributed by atoms with Crippen LogP contribution in [0.5, 0.6) is 5.75 Å². The molecule has 0 saturated heterocycles. The number of nitrogens with zero attached hydrogens (tertiary/aromatic N) is 3. The number of pyridine rings is 1. The third kappa shape index (κ3) is 4.11. The molecule has 1 N–H and O–H groups in total. The van der Waals surface area contributed by atoms with Crippen LogP contribution >= 0.6 is 0 Å². The minimum Gasteiger partial charge on any atom is -0.493 e. The zero-order valence-electron chi connectivity index (χ0n) is 16.2. The monoisotopic (exact) mass is 374 g/mol. The number of aryl methyl sites for hydroxylation is 1. The van der Waals surface area contributed by atoms with Crippen LogP contribution in [0.2, 0.25) is 0 Å². The van der Waals surface area contributed by atoms with Crippen LogP contribution in [0.25, 0.3) is 10.8 Å². The first kappa shape index (κ1) is 19.3. The van der Waals surface area contributed by atoms with E-state index in [1.54, 1.807) is 13.3 Å². The Morgan fingerprint density at radius 2 is 2.07 bits per heavy atom. The number of methoxy groups -OCH3 is 1. The fourth-order valence-electron chi connectivity index (χ4n) is 3.06. The Kier molecular flexibility index (Phi) is 6.20. The molecule has 0 aliphatic rings. The molecule has 2 aromatic carbocycles. The zero-order valence-corrected chi connectivity index (χ0v) is 16.2. The number of nitrogens with one attached hydrogen (secondary N) is 1. The number of ether oxygens (including phenoxy) is 2.